The highest BCUT2D eigenvalue weighted by atomic mass is 19.3. The van der Waals surface area contributed by atoms with Crippen LogP contribution >= 0.6 is 0 Å². The molecule has 2 aromatic carbocycles. The summed E-state index contributed by atoms with van der Waals surface area (Å²) in [4.78, 5) is 23.8. The lowest BCUT2D eigenvalue weighted by atomic mass is 10.2. The molecule has 2 heterocycles. The minimum Gasteiger partial charge on any atom is -0.454 e. The molecule has 2 aliphatic heterocycles. The van der Waals surface area contributed by atoms with Gasteiger partial charge in [0.1, 0.15) is 0 Å². The lowest BCUT2D eigenvalue weighted by Crippen LogP contribution is -2.45. The van der Waals surface area contributed by atoms with Crippen molar-refractivity contribution in [3.8, 4) is 23.0 Å². The van der Waals surface area contributed by atoms with Gasteiger partial charge in [-0.2, -0.15) is 8.78 Å². The molecule has 140 valence electrons. The maximum atomic E-state index is 14.2. The van der Waals surface area contributed by atoms with Crippen molar-refractivity contribution in [1.29, 1.82) is 0 Å². The highest BCUT2D eigenvalue weighted by Gasteiger charge is 2.47. The van der Waals surface area contributed by atoms with E-state index >= 15 is 0 Å². The van der Waals surface area contributed by atoms with Crippen LogP contribution in [0.1, 0.15) is 0 Å². The highest BCUT2D eigenvalue weighted by molar-refractivity contribution is 6.16. The summed E-state index contributed by atoms with van der Waals surface area (Å²) in [7, 11) is 0. The third-order valence-electron chi connectivity index (χ3n) is 3.83. The normalized spacial score (nSPS) is 14.0. The number of amides is 2. The molecule has 4 rings (SSSR count). The third-order valence-corrected chi connectivity index (χ3v) is 3.83. The Labute approximate surface area is 151 Å². The van der Waals surface area contributed by atoms with Crippen LogP contribution in [-0.2, 0) is 9.59 Å². The summed E-state index contributed by atoms with van der Waals surface area (Å²) in [5.74, 6) is -6.39. The van der Waals surface area contributed by atoms with Crippen molar-refractivity contribution in [2.24, 2.45) is 0 Å². The van der Waals surface area contributed by atoms with E-state index < -0.39 is 17.7 Å². The van der Waals surface area contributed by atoms with E-state index in [1.165, 1.54) is 36.4 Å². The number of hydrogen-bond acceptors (Lipinski definition) is 6. The van der Waals surface area contributed by atoms with Gasteiger partial charge < -0.3 is 29.6 Å². The zero-order chi connectivity index (χ0) is 19.0. The molecule has 0 unspecified atom stereocenters. The molecule has 10 heteroatoms. The van der Waals surface area contributed by atoms with Crippen LogP contribution in [0.2, 0.25) is 0 Å². The smallest absolute Gasteiger partial charge is 0.401 e. The molecular weight excluding hydrogens is 366 g/mol. The van der Waals surface area contributed by atoms with Gasteiger partial charge in [0.25, 0.3) is 0 Å². The molecule has 0 radical (unpaired) electrons. The number of carbonyl (C=O) groups is 2. The van der Waals surface area contributed by atoms with Gasteiger partial charge in [-0.05, 0) is 24.3 Å². The number of fused-ring (bicyclic) bond motifs is 2. The second kappa shape index (κ2) is 6.31. The van der Waals surface area contributed by atoms with E-state index in [0.717, 1.165) is 0 Å². The molecule has 8 nitrogen and oxygen atoms in total. The molecule has 0 bridgehead atoms. The van der Waals surface area contributed by atoms with Crippen molar-refractivity contribution in [3.63, 3.8) is 0 Å². The van der Waals surface area contributed by atoms with Crippen LogP contribution in [0, 0.1) is 0 Å². The summed E-state index contributed by atoms with van der Waals surface area (Å²) in [6.07, 6.45) is 0. The Morgan fingerprint density at radius 2 is 1.15 bits per heavy atom. The van der Waals surface area contributed by atoms with Crippen molar-refractivity contribution in [2.45, 2.75) is 5.92 Å². The Morgan fingerprint density at radius 3 is 1.59 bits per heavy atom. The van der Waals surface area contributed by atoms with Crippen LogP contribution in [0.3, 0.4) is 0 Å². The third kappa shape index (κ3) is 3.16. The molecule has 2 amide bonds. The van der Waals surface area contributed by atoms with E-state index in [4.69, 9.17) is 18.9 Å². The van der Waals surface area contributed by atoms with E-state index in [2.05, 4.69) is 0 Å². The molecule has 0 fully saturated rings. The van der Waals surface area contributed by atoms with Crippen molar-refractivity contribution in [1.82, 2.24) is 0 Å². The Hall–Kier alpha value is -3.56. The van der Waals surface area contributed by atoms with E-state index in [-0.39, 0.29) is 25.0 Å². The van der Waals surface area contributed by atoms with Crippen LogP contribution in [-0.4, -0.2) is 31.3 Å². The van der Waals surface area contributed by atoms with Crippen LogP contribution in [0.4, 0.5) is 20.2 Å². The second-order valence-electron chi connectivity index (χ2n) is 5.62. The molecule has 2 N–H and O–H groups in total. The minimum absolute atomic E-state index is 0.000825. The van der Waals surface area contributed by atoms with E-state index in [1.807, 2.05) is 10.6 Å². The van der Waals surface area contributed by atoms with Gasteiger partial charge >= 0.3 is 17.7 Å². The molecule has 0 aromatic heterocycles. The monoisotopic (exact) mass is 378 g/mol. The van der Waals surface area contributed by atoms with Gasteiger partial charge in [0, 0.05) is 23.5 Å². The number of halogens is 2. The number of nitrogens with one attached hydrogen (secondary N) is 2. The van der Waals surface area contributed by atoms with Gasteiger partial charge in [0.2, 0.25) is 13.6 Å². The number of rotatable bonds is 4. The number of anilines is 2. The largest absolute Gasteiger partial charge is 0.454 e. The van der Waals surface area contributed by atoms with Crippen molar-refractivity contribution in [3.05, 3.63) is 36.4 Å². The topological polar surface area (TPSA) is 95.1 Å². The molecule has 2 aromatic rings. The fourth-order valence-corrected chi connectivity index (χ4v) is 2.47. The van der Waals surface area contributed by atoms with Gasteiger partial charge in [-0.3, -0.25) is 9.59 Å². The van der Waals surface area contributed by atoms with Gasteiger partial charge in [-0.1, -0.05) is 0 Å². The average molecular weight is 378 g/mol. The predicted molar refractivity (Wildman–Crippen MR) is 87.3 cm³/mol. The Morgan fingerprint density at radius 1 is 0.741 bits per heavy atom. The van der Waals surface area contributed by atoms with E-state index in [1.54, 1.807) is 0 Å². The fourth-order valence-electron chi connectivity index (χ4n) is 2.47. The minimum atomic E-state index is -4.31. The standard InChI is InChI=1S/C17H12F2N2O6/c18-17(19,15(22)20-9-1-3-11-13(5-9)26-7-24-11)16(23)21-10-2-4-12-14(6-10)27-8-25-12/h1-6H,7-8H2,(H,20,22)(H,21,23). The molecule has 0 saturated heterocycles. The van der Waals surface area contributed by atoms with Gasteiger partial charge in [0.15, 0.2) is 23.0 Å². The molecule has 0 aliphatic carbocycles. The number of ether oxygens (including phenoxy) is 4. The Kier molecular flexibility index (Phi) is 3.94. The van der Waals surface area contributed by atoms with Crippen LogP contribution in [0.5, 0.6) is 23.0 Å². The first-order chi connectivity index (χ1) is 12.9. The summed E-state index contributed by atoms with van der Waals surface area (Å²) in [5.41, 5.74) is 0.0830. The van der Waals surface area contributed by atoms with Crippen molar-refractivity contribution >= 4 is 23.2 Å². The fraction of sp³-hybridized carbons (Fsp3) is 0.176. The summed E-state index contributed by atoms with van der Waals surface area (Å²) in [6, 6.07) is 8.29. The lowest BCUT2D eigenvalue weighted by Gasteiger charge is -2.16. The summed E-state index contributed by atoms with van der Waals surface area (Å²) in [6.45, 7) is 0.00165. The number of benzene rings is 2. The maximum absolute atomic E-state index is 14.2. The molecule has 0 saturated carbocycles. The zero-order valence-corrected chi connectivity index (χ0v) is 13.6. The van der Waals surface area contributed by atoms with Gasteiger partial charge in [-0.15, -0.1) is 0 Å². The van der Waals surface area contributed by atoms with E-state index in [9.17, 15) is 18.4 Å². The Bertz CT molecular complexity index is 860. The van der Waals surface area contributed by atoms with Crippen LogP contribution in [0.15, 0.2) is 36.4 Å². The highest BCUT2D eigenvalue weighted by Crippen LogP contribution is 2.36. The SMILES string of the molecule is O=C(Nc1ccc2c(c1)OCO2)C(F)(F)C(=O)Nc1ccc2c(c1)OCO2. The van der Waals surface area contributed by atoms with Gasteiger partial charge in [0.05, 0.1) is 0 Å². The molecule has 2 aliphatic rings. The van der Waals surface area contributed by atoms with E-state index in [0.29, 0.717) is 23.0 Å². The number of alkyl halides is 2. The second-order valence-corrected chi connectivity index (χ2v) is 5.62. The number of carbonyl (C=O) groups excluding carboxylic acids is 2. The summed E-state index contributed by atoms with van der Waals surface area (Å²) >= 11 is 0. The number of hydrogen-bond donors (Lipinski definition) is 2. The van der Waals surface area contributed by atoms with Crippen LogP contribution in [0.25, 0.3) is 0 Å². The predicted octanol–water partition coefficient (Wildman–Crippen LogP) is 2.36. The average Bonchev–Trinajstić information content (AvgIpc) is 3.29. The molecule has 0 spiro atoms. The van der Waals surface area contributed by atoms with Crippen molar-refractivity contribution in [2.75, 3.05) is 24.2 Å². The molecular formula is C17H12F2N2O6. The Balaban J connectivity index is 1.45. The summed E-state index contributed by atoms with van der Waals surface area (Å²) < 4.78 is 48.8. The zero-order valence-electron chi connectivity index (χ0n) is 13.6. The summed E-state index contributed by atoms with van der Waals surface area (Å²) in [5, 5.41) is 3.98. The first-order valence-electron chi connectivity index (χ1n) is 7.73. The first-order valence-corrected chi connectivity index (χ1v) is 7.73. The van der Waals surface area contributed by atoms with Gasteiger partial charge in [-0.25, -0.2) is 0 Å². The quantitative estimate of drug-likeness (QED) is 0.793. The molecule has 0 atom stereocenters. The first kappa shape index (κ1) is 16.9. The maximum Gasteiger partial charge on any atom is 0.401 e. The molecule has 27 heavy (non-hydrogen) atoms. The van der Waals surface area contributed by atoms with Crippen LogP contribution < -0.4 is 29.6 Å². The lowest BCUT2D eigenvalue weighted by molar-refractivity contribution is -0.152. The van der Waals surface area contributed by atoms with Crippen molar-refractivity contribution < 1.29 is 37.3 Å².